The number of likely N-dealkylation sites (tertiary alicyclic amines) is 1. The molecule has 0 spiro atoms. The number of amides is 4. The van der Waals surface area contributed by atoms with Gasteiger partial charge in [0.1, 0.15) is 23.9 Å². The molecular weight excluding hydrogens is 887 g/mol. The van der Waals surface area contributed by atoms with E-state index in [0.29, 0.717) is 44.3 Å². The fraction of sp³-hybridized carbons (Fsp3) is 0.527. The number of methoxy groups -OCH3 is 1. The summed E-state index contributed by atoms with van der Waals surface area (Å²) in [5.74, 6) is 3.21. The van der Waals surface area contributed by atoms with Gasteiger partial charge in [-0.15, -0.1) is 0 Å². The molecule has 15 heteroatoms. The highest BCUT2D eigenvalue weighted by Crippen LogP contribution is 2.42. The van der Waals surface area contributed by atoms with Crippen molar-refractivity contribution >= 4 is 40.5 Å². The number of benzene rings is 2. The first kappa shape index (κ1) is 50.2. The molecule has 6 bridgehead atoms. The number of nitrogens with zero attached hydrogens (tertiary/aromatic N) is 5. The van der Waals surface area contributed by atoms with E-state index >= 15 is 0 Å². The highest BCUT2D eigenvalue weighted by Gasteiger charge is 2.40. The topological polar surface area (TPSA) is 176 Å². The van der Waals surface area contributed by atoms with Gasteiger partial charge in [0, 0.05) is 80.8 Å². The number of pyridine rings is 1. The Bertz CT molecular complexity index is 2710. The number of cyclic esters (lactones) is 1. The molecule has 2 aromatic heterocycles. The summed E-state index contributed by atoms with van der Waals surface area (Å²) in [7, 11) is 3.27. The molecule has 3 aliphatic heterocycles. The van der Waals surface area contributed by atoms with E-state index in [2.05, 4.69) is 66.1 Å². The number of hydrogen-bond donors (Lipinski definition) is 3. The molecule has 5 heterocycles. The lowest BCUT2D eigenvalue weighted by atomic mass is 9.84. The van der Waals surface area contributed by atoms with Gasteiger partial charge in [-0.05, 0) is 123 Å². The normalized spacial score (nSPS) is 21.5. The maximum atomic E-state index is 14.8. The van der Waals surface area contributed by atoms with Crippen LogP contribution in [0, 0.1) is 35.0 Å². The Morgan fingerprint density at radius 2 is 1.81 bits per heavy atom. The summed E-state index contributed by atoms with van der Waals surface area (Å²) in [6, 6.07) is 12.5. The van der Waals surface area contributed by atoms with E-state index in [9.17, 15) is 29.1 Å². The zero-order valence-electron chi connectivity index (χ0n) is 42.0. The largest absolute Gasteiger partial charge is 0.508 e. The number of carbonyl (C=O) groups excluding carboxylic acids is 5. The van der Waals surface area contributed by atoms with Gasteiger partial charge in [0.15, 0.2) is 0 Å². The highest BCUT2D eigenvalue weighted by atomic mass is 16.5. The van der Waals surface area contributed by atoms with E-state index in [1.165, 1.54) is 9.91 Å². The van der Waals surface area contributed by atoms with E-state index < -0.39 is 47.2 Å². The molecule has 4 aromatic rings. The number of phenolic OH excluding ortho intramolecular Hbond substituents is 1. The van der Waals surface area contributed by atoms with Gasteiger partial charge < -0.3 is 34.3 Å². The van der Waals surface area contributed by atoms with Crippen LogP contribution in [0.2, 0.25) is 0 Å². The summed E-state index contributed by atoms with van der Waals surface area (Å²) in [5.41, 5.74) is 9.55. The van der Waals surface area contributed by atoms with Crippen molar-refractivity contribution in [1.82, 2.24) is 35.1 Å². The summed E-state index contributed by atoms with van der Waals surface area (Å²) >= 11 is 0. The van der Waals surface area contributed by atoms with Gasteiger partial charge in [0.25, 0.3) is 11.8 Å². The van der Waals surface area contributed by atoms with Crippen molar-refractivity contribution < 1.29 is 38.6 Å². The number of carbonyl (C=O) groups is 5. The summed E-state index contributed by atoms with van der Waals surface area (Å²) in [4.78, 5) is 78.3. The number of nitrogens with one attached hydrogen (secondary N) is 2. The zero-order valence-corrected chi connectivity index (χ0v) is 42.0. The van der Waals surface area contributed by atoms with E-state index in [0.717, 1.165) is 63.8 Å². The molecule has 1 aliphatic carbocycles. The van der Waals surface area contributed by atoms with Gasteiger partial charge >= 0.3 is 5.97 Å². The molecule has 2 saturated heterocycles. The van der Waals surface area contributed by atoms with Crippen LogP contribution in [0.4, 0.5) is 0 Å². The van der Waals surface area contributed by atoms with Crippen molar-refractivity contribution in [3.63, 3.8) is 0 Å². The molecule has 8 rings (SSSR count). The minimum Gasteiger partial charge on any atom is -0.508 e. The fourth-order valence-electron chi connectivity index (χ4n) is 10.6. The number of phenols is 1. The van der Waals surface area contributed by atoms with Crippen molar-refractivity contribution in [3.05, 3.63) is 71.5 Å². The van der Waals surface area contributed by atoms with Crippen molar-refractivity contribution in [2.24, 2.45) is 23.2 Å². The van der Waals surface area contributed by atoms with Crippen LogP contribution in [-0.4, -0.2) is 118 Å². The third kappa shape index (κ3) is 10.6. The van der Waals surface area contributed by atoms with Crippen LogP contribution in [0.15, 0.2) is 54.7 Å². The Labute approximate surface area is 411 Å². The molecule has 2 aromatic carbocycles. The second kappa shape index (κ2) is 21.0. The van der Waals surface area contributed by atoms with Crippen molar-refractivity contribution in [1.29, 1.82) is 0 Å². The number of esters is 1. The van der Waals surface area contributed by atoms with Crippen LogP contribution >= 0.6 is 0 Å². The Balaban J connectivity index is 1.15. The quantitative estimate of drug-likeness (QED) is 0.123. The molecule has 372 valence electrons. The lowest BCUT2D eigenvalue weighted by molar-refractivity contribution is -0.155. The van der Waals surface area contributed by atoms with Crippen LogP contribution < -0.4 is 10.7 Å². The van der Waals surface area contributed by atoms with Gasteiger partial charge in [-0.3, -0.25) is 34.0 Å². The van der Waals surface area contributed by atoms with Crippen LogP contribution in [0.5, 0.6) is 5.75 Å². The van der Waals surface area contributed by atoms with E-state index in [1.807, 2.05) is 39.0 Å². The first-order chi connectivity index (χ1) is 33.5. The number of ether oxygens (including phenoxy) is 2. The molecule has 3 fully saturated rings. The number of aromatic hydroxyl groups is 1. The van der Waals surface area contributed by atoms with E-state index in [-0.39, 0.29) is 61.6 Å². The third-order valence-electron chi connectivity index (χ3n) is 14.7. The monoisotopic (exact) mass is 956 g/mol. The Morgan fingerprint density at radius 1 is 1.03 bits per heavy atom. The third-order valence-corrected chi connectivity index (χ3v) is 14.7. The van der Waals surface area contributed by atoms with Gasteiger partial charge in [0.2, 0.25) is 11.8 Å². The average molecular weight is 956 g/mol. The second-order valence-electron chi connectivity index (χ2n) is 20.8. The van der Waals surface area contributed by atoms with E-state index in [4.69, 9.17) is 14.5 Å². The average Bonchev–Trinajstić information content (AvgIpc) is 3.94. The molecule has 3 N–H and O–H groups in total. The standard InChI is InChI=1S/C55H69N7O8/c1-9-61-46-19-18-37-29-42(46)43(50(61)41-15-11-22-56-48(41)34(4)69-8)30-55(5,6)32-70-54(68)44-16-12-23-62(58-44)53(67)45(27-36-25-39(37)28-40(63)26-36)57-51(65)49(33(2)3)59(7)52(66)38-21-24-60(31-38)47(64)20-17-35-13-10-14-35/h11,15,18-19,22,25-26,28-29,33-35,38,44-45,49,58,63H,9-10,12-14,16,21,23-24,27,30-32H2,1-8H3,(H,57,65)/t34-,38-,44-,45-,49-/m0/s1. The SMILES string of the molecule is CCn1c(-c2cccnc2[C@H](C)OC)c2c3cc(ccc31)-c1cc(O)cc(c1)C[C@H](NC(=O)[C@H](C(C)C)N(C)C(=O)[C@H]1CCN(C(=O)C#CC3CCC3)C1)C(=O)N1CCC[C@H](N1)C(=O)OCC(C)(C)C2. The zero-order chi connectivity index (χ0) is 50.0. The van der Waals surface area contributed by atoms with Gasteiger partial charge in [-0.25, -0.2) is 5.43 Å². The highest BCUT2D eigenvalue weighted by molar-refractivity contribution is 5.97. The summed E-state index contributed by atoms with van der Waals surface area (Å²) in [6.45, 7) is 13.6. The maximum absolute atomic E-state index is 14.8. The number of aromatic nitrogens is 2. The Kier molecular flexibility index (Phi) is 15.0. The van der Waals surface area contributed by atoms with Gasteiger partial charge in [-0.1, -0.05) is 52.2 Å². The molecule has 0 unspecified atom stereocenters. The van der Waals surface area contributed by atoms with Gasteiger partial charge in [0.05, 0.1) is 30.0 Å². The predicted molar refractivity (Wildman–Crippen MR) is 267 cm³/mol. The second-order valence-corrected chi connectivity index (χ2v) is 20.8. The smallest absolute Gasteiger partial charge is 0.324 e. The first-order valence-electron chi connectivity index (χ1n) is 25.0. The minimum atomic E-state index is -1.17. The summed E-state index contributed by atoms with van der Waals surface area (Å²) in [6.07, 6.45) is 6.56. The molecule has 1 saturated carbocycles. The van der Waals surface area contributed by atoms with Crippen LogP contribution in [0.1, 0.15) is 103 Å². The molecule has 4 aliphatic rings. The van der Waals surface area contributed by atoms with E-state index in [1.54, 1.807) is 37.4 Å². The van der Waals surface area contributed by atoms with Crippen molar-refractivity contribution in [2.75, 3.05) is 40.4 Å². The number of likely N-dealkylation sites (N-methyl/N-ethyl adjacent to an activating group) is 1. The van der Waals surface area contributed by atoms with Crippen LogP contribution in [-0.2, 0) is 52.8 Å². The number of rotatable bonds is 9. The minimum absolute atomic E-state index is 0.0105. The van der Waals surface area contributed by atoms with Gasteiger partial charge in [-0.2, -0.15) is 0 Å². The number of fused-ring (bicyclic) bond motifs is 6. The molecule has 5 atom stereocenters. The number of aryl methyl sites for hydroxylation is 1. The molecular formula is C55H69N7O8. The lowest BCUT2D eigenvalue weighted by Gasteiger charge is -2.37. The van der Waals surface area contributed by atoms with Crippen LogP contribution in [0.25, 0.3) is 33.3 Å². The molecule has 15 nitrogen and oxygen atoms in total. The maximum Gasteiger partial charge on any atom is 0.324 e. The Morgan fingerprint density at radius 3 is 2.53 bits per heavy atom. The molecule has 4 amide bonds. The molecule has 70 heavy (non-hydrogen) atoms. The fourth-order valence-corrected chi connectivity index (χ4v) is 10.6. The Hall–Kier alpha value is -6.24. The summed E-state index contributed by atoms with van der Waals surface area (Å²) in [5, 5.41) is 16.8. The molecule has 0 radical (unpaired) electrons. The lowest BCUT2D eigenvalue weighted by Crippen LogP contribution is -2.62. The summed E-state index contributed by atoms with van der Waals surface area (Å²) < 4.78 is 14.2. The number of hydrazine groups is 1. The van der Waals surface area contributed by atoms with Crippen LogP contribution in [0.3, 0.4) is 0 Å². The number of hydrogen-bond acceptors (Lipinski definition) is 10. The van der Waals surface area contributed by atoms with Crippen molar-refractivity contribution in [2.45, 2.75) is 124 Å². The first-order valence-corrected chi connectivity index (χ1v) is 25.0. The predicted octanol–water partition coefficient (Wildman–Crippen LogP) is 6.59. The van der Waals surface area contributed by atoms with Crippen molar-refractivity contribution in [3.8, 4) is 40.0 Å².